The topological polar surface area (TPSA) is 29.1 Å². The Balaban J connectivity index is 2.14. The molecule has 0 spiro atoms. The predicted octanol–water partition coefficient (Wildman–Crippen LogP) is 2.18. The van der Waals surface area contributed by atoms with Crippen molar-refractivity contribution in [3.63, 3.8) is 0 Å². The lowest BCUT2D eigenvalue weighted by atomic mass is 10.1. The van der Waals surface area contributed by atoms with Crippen molar-refractivity contribution in [1.82, 2.24) is 9.47 Å². The first-order valence-electron chi connectivity index (χ1n) is 6.92. The summed E-state index contributed by atoms with van der Waals surface area (Å²) in [5, 5.41) is 0. The Kier molecular flexibility index (Phi) is 4.04. The van der Waals surface area contributed by atoms with Gasteiger partial charge in [0.1, 0.15) is 12.4 Å². The number of hydrogen-bond acceptors (Lipinski definition) is 1. The van der Waals surface area contributed by atoms with Crippen molar-refractivity contribution in [1.29, 1.82) is 0 Å². The van der Waals surface area contributed by atoms with Gasteiger partial charge >= 0.3 is 6.03 Å². The second-order valence-electron chi connectivity index (χ2n) is 5.75. The van der Waals surface area contributed by atoms with E-state index < -0.39 is 0 Å². The Morgan fingerprint density at radius 3 is 2.61 bits per heavy atom. The molecule has 1 amide bonds. The van der Waals surface area contributed by atoms with Crippen molar-refractivity contribution in [2.75, 3.05) is 6.54 Å². The minimum atomic E-state index is 0.121. The second-order valence-corrected chi connectivity index (χ2v) is 5.75. The van der Waals surface area contributed by atoms with Crippen molar-refractivity contribution < 1.29 is 9.36 Å². The van der Waals surface area contributed by atoms with Crippen LogP contribution in [0.25, 0.3) is 0 Å². The molecule has 0 unspecified atom stereocenters. The average molecular weight is 250 g/mol. The zero-order valence-corrected chi connectivity index (χ0v) is 11.7. The third-order valence-corrected chi connectivity index (χ3v) is 3.56. The van der Waals surface area contributed by atoms with Gasteiger partial charge in [-0.2, -0.15) is 4.57 Å². The van der Waals surface area contributed by atoms with Crippen molar-refractivity contribution in [2.45, 2.75) is 45.6 Å². The molecule has 1 heterocycles. The molecule has 2 rings (SSSR count). The first-order chi connectivity index (χ1) is 8.58. The molecule has 0 aliphatic heterocycles. The summed E-state index contributed by atoms with van der Waals surface area (Å²) in [5.74, 6) is 0.513. The van der Waals surface area contributed by atoms with Crippen LogP contribution >= 0.6 is 0 Å². The minimum Gasteiger partial charge on any atom is -0.301 e. The second kappa shape index (κ2) is 5.55. The zero-order chi connectivity index (χ0) is 13.1. The molecule has 0 radical (unpaired) electrons. The Morgan fingerprint density at radius 2 is 2.11 bits per heavy atom. The van der Waals surface area contributed by atoms with Gasteiger partial charge in [0.25, 0.3) is 6.33 Å². The normalized spacial score (nSPS) is 16.4. The Morgan fingerprint density at radius 1 is 1.44 bits per heavy atom. The summed E-state index contributed by atoms with van der Waals surface area (Å²) in [6.45, 7) is 5.20. The van der Waals surface area contributed by atoms with Crippen LogP contribution in [0, 0.1) is 5.92 Å². The fraction of sp³-hybridized carbons (Fsp3) is 0.714. The number of carbonyl (C=O) groups is 1. The van der Waals surface area contributed by atoms with E-state index in [0.717, 1.165) is 19.4 Å². The van der Waals surface area contributed by atoms with Crippen LogP contribution in [0.4, 0.5) is 4.79 Å². The largest absolute Gasteiger partial charge is 0.416 e. The molecule has 1 aliphatic carbocycles. The first kappa shape index (κ1) is 13.1. The molecule has 4 nitrogen and oxygen atoms in total. The fourth-order valence-electron chi connectivity index (χ4n) is 2.70. The highest BCUT2D eigenvalue weighted by molar-refractivity contribution is 5.76. The number of carbonyl (C=O) groups excluding carboxylic acids is 1. The maximum Gasteiger partial charge on any atom is 0.416 e. The molecule has 1 aromatic heterocycles. The summed E-state index contributed by atoms with van der Waals surface area (Å²) >= 11 is 0. The van der Waals surface area contributed by atoms with Gasteiger partial charge in [0, 0.05) is 12.6 Å². The van der Waals surface area contributed by atoms with Gasteiger partial charge in [-0.1, -0.05) is 26.7 Å². The predicted molar refractivity (Wildman–Crippen MR) is 70.2 cm³/mol. The monoisotopic (exact) mass is 250 g/mol. The standard InChI is InChI=1S/C14H24N3O/c1-12(2)10-17(13-6-4-5-7-13)14(18)16-9-8-15(3)11-16/h8-9,11-13H,4-7,10H2,1-3H3/q+1. The number of aromatic nitrogens is 2. The van der Waals surface area contributed by atoms with Gasteiger partial charge in [-0.15, -0.1) is 0 Å². The molecule has 1 saturated carbocycles. The maximum absolute atomic E-state index is 12.6. The molecule has 0 aromatic carbocycles. The van der Waals surface area contributed by atoms with E-state index in [1.807, 2.05) is 30.3 Å². The van der Waals surface area contributed by atoms with Gasteiger partial charge < -0.3 is 4.90 Å². The van der Waals surface area contributed by atoms with Gasteiger partial charge in [0.05, 0.1) is 7.05 Å². The zero-order valence-electron chi connectivity index (χ0n) is 11.7. The van der Waals surface area contributed by atoms with Crippen molar-refractivity contribution in [3.05, 3.63) is 18.7 Å². The Bertz CT molecular complexity index is 405. The van der Waals surface area contributed by atoms with Crippen molar-refractivity contribution in [3.8, 4) is 0 Å². The van der Waals surface area contributed by atoms with E-state index in [-0.39, 0.29) is 6.03 Å². The summed E-state index contributed by atoms with van der Waals surface area (Å²) in [6.07, 6.45) is 10.4. The van der Waals surface area contributed by atoms with Gasteiger partial charge in [-0.25, -0.2) is 9.36 Å². The lowest BCUT2D eigenvalue weighted by Gasteiger charge is -2.28. The van der Waals surface area contributed by atoms with E-state index in [1.54, 1.807) is 4.57 Å². The van der Waals surface area contributed by atoms with Crippen molar-refractivity contribution >= 4 is 6.03 Å². The summed E-state index contributed by atoms with van der Waals surface area (Å²) < 4.78 is 3.60. The molecule has 0 atom stereocenters. The number of hydrogen-bond donors (Lipinski definition) is 0. The van der Waals surface area contributed by atoms with E-state index >= 15 is 0 Å². The molecular formula is C14H24N3O+. The van der Waals surface area contributed by atoms with Crippen LogP contribution in [0.15, 0.2) is 18.7 Å². The number of aryl methyl sites for hydroxylation is 1. The van der Waals surface area contributed by atoms with Crippen molar-refractivity contribution in [2.24, 2.45) is 13.0 Å². The number of amides is 1. The lowest BCUT2D eigenvalue weighted by Crippen LogP contribution is -2.43. The highest BCUT2D eigenvalue weighted by atomic mass is 16.2. The number of nitrogens with zero attached hydrogens (tertiary/aromatic N) is 3. The molecule has 1 fully saturated rings. The van der Waals surface area contributed by atoms with Crippen LogP contribution in [-0.2, 0) is 7.05 Å². The van der Waals surface area contributed by atoms with Crippen LogP contribution in [0.3, 0.4) is 0 Å². The summed E-state index contributed by atoms with van der Waals surface area (Å²) in [7, 11) is 1.94. The van der Waals surface area contributed by atoms with Crippen LogP contribution in [0.5, 0.6) is 0 Å². The SMILES string of the molecule is CC(C)CN(C(=O)n1cc[n+](C)c1)C1CCCC1. The van der Waals surface area contributed by atoms with E-state index in [0.29, 0.717) is 12.0 Å². The van der Waals surface area contributed by atoms with Crippen LogP contribution in [-0.4, -0.2) is 28.1 Å². The van der Waals surface area contributed by atoms with Gasteiger partial charge in [0.2, 0.25) is 0 Å². The first-order valence-corrected chi connectivity index (χ1v) is 6.92. The molecule has 0 saturated heterocycles. The van der Waals surface area contributed by atoms with E-state index in [1.165, 1.54) is 12.8 Å². The van der Waals surface area contributed by atoms with E-state index in [2.05, 4.69) is 18.7 Å². The van der Waals surface area contributed by atoms with Crippen LogP contribution in [0.2, 0.25) is 0 Å². The number of rotatable bonds is 3. The van der Waals surface area contributed by atoms with Gasteiger partial charge in [0.15, 0.2) is 0 Å². The summed E-state index contributed by atoms with van der Waals surface area (Å²) in [4.78, 5) is 14.6. The minimum absolute atomic E-state index is 0.121. The highest BCUT2D eigenvalue weighted by Gasteiger charge is 2.30. The highest BCUT2D eigenvalue weighted by Crippen LogP contribution is 2.24. The molecule has 1 aromatic rings. The molecular weight excluding hydrogens is 226 g/mol. The fourth-order valence-corrected chi connectivity index (χ4v) is 2.70. The number of imidazole rings is 1. The summed E-state index contributed by atoms with van der Waals surface area (Å²) in [6, 6.07) is 0.559. The average Bonchev–Trinajstić information content (AvgIpc) is 2.95. The molecule has 18 heavy (non-hydrogen) atoms. The van der Waals surface area contributed by atoms with Gasteiger partial charge in [-0.05, 0) is 18.8 Å². The Hall–Kier alpha value is -1.32. The quantitative estimate of drug-likeness (QED) is 0.756. The van der Waals surface area contributed by atoms with Crippen LogP contribution in [0.1, 0.15) is 39.5 Å². The lowest BCUT2D eigenvalue weighted by molar-refractivity contribution is -0.670. The van der Waals surface area contributed by atoms with E-state index in [4.69, 9.17) is 0 Å². The Labute approximate surface area is 109 Å². The third kappa shape index (κ3) is 2.92. The maximum atomic E-state index is 12.6. The molecule has 0 bridgehead atoms. The molecule has 100 valence electrons. The van der Waals surface area contributed by atoms with Gasteiger partial charge in [-0.3, -0.25) is 0 Å². The molecule has 4 heteroatoms. The third-order valence-electron chi connectivity index (χ3n) is 3.56. The van der Waals surface area contributed by atoms with E-state index in [9.17, 15) is 4.79 Å². The van der Waals surface area contributed by atoms with Crippen LogP contribution < -0.4 is 4.57 Å². The summed E-state index contributed by atoms with van der Waals surface area (Å²) in [5.41, 5.74) is 0. The molecule has 0 N–H and O–H groups in total. The molecule has 1 aliphatic rings. The smallest absolute Gasteiger partial charge is 0.301 e.